The van der Waals surface area contributed by atoms with Gasteiger partial charge in [-0.25, -0.2) is 0 Å². The van der Waals surface area contributed by atoms with E-state index in [9.17, 15) is 0 Å². The maximum atomic E-state index is 3.59. The maximum Gasteiger partial charge on any atom is -0.00489 e. The van der Waals surface area contributed by atoms with E-state index in [2.05, 4.69) is 43.5 Å². The summed E-state index contributed by atoms with van der Waals surface area (Å²) in [6, 6.07) is 0. The molecule has 0 bridgehead atoms. The summed E-state index contributed by atoms with van der Waals surface area (Å²) in [5, 5.41) is 3.59. The number of hydrogen-bond donors (Lipinski definition) is 1. The molecule has 1 heteroatoms. The molecule has 0 amide bonds. The molecule has 0 aliphatic heterocycles. The molecule has 0 rings (SSSR count). The van der Waals surface area contributed by atoms with Crippen molar-refractivity contribution in [1.29, 1.82) is 0 Å². The molecule has 0 unspecified atom stereocenters. The smallest absolute Gasteiger partial charge is 0.00489 e. The Labute approximate surface area is 134 Å². The lowest BCUT2D eigenvalue weighted by molar-refractivity contribution is 0.547. The predicted molar refractivity (Wildman–Crippen MR) is 97.9 cm³/mol. The highest BCUT2D eigenvalue weighted by Gasteiger charge is 1.92. The predicted octanol–water partition coefficient (Wildman–Crippen LogP) is 6.41. The van der Waals surface area contributed by atoms with Crippen molar-refractivity contribution in [2.75, 3.05) is 13.1 Å². The molecular weight excluding hydrogens is 254 g/mol. The van der Waals surface area contributed by atoms with Gasteiger partial charge in [0.1, 0.15) is 0 Å². The van der Waals surface area contributed by atoms with E-state index in [0.29, 0.717) is 0 Å². The minimum Gasteiger partial charge on any atom is -0.317 e. The van der Waals surface area contributed by atoms with Crippen molar-refractivity contribution in [3.05, 3.63) is 24.3 Å². The molecule has 0 aliphatic carbocycles. The summed E-state index contributed by atoms with van der Waals surface area (Å²) in [5.74, 6) is 0. The number of unbranched alkanes of at least 4 members (excludes halogenated alkanes) is 10. The molecule has 0 saturated carbocycles. The topological polar surface area (TPSA) is 12.0 Å². The highest BCUT2D eigenvalue weighted by atomic mass is 14.8. The second-order valence-electron chi connectivity index (χ2n) is 6.00. The Kier molecular flexibility index (Phi) is 18.9. The maximum absolute atomic E-state index is 3.59. The zero-order chi connectivity index (χ0) is 15.4. The molecule has 0 aliphatic rings. The van der Waals surface area contributed by atoms with E-state index in [0.717, 1.165) is 0 Å². The van der Waals surface area contributed by atoms with Crippen molar-refractivity contribution in [2.45, 2.75) is 90.9 Å². The second-order valence-corrected chi connectivity index (χ2v) is 6.00. The molecule has 1 N–H and O–H groups in total. The fourth-order valence-electron chi connectivity index (χ4n) is 2.54. The van der Waals surface area contributed by atoms with Gasteiger partial charge in [-0.3, -0.25) is 0 Å². The zero-order valence-corrected chi connectivity index (χ0v) is 14.7. The van der Waals surface area contributed by atoms with Crippen LogP contribution in [0.15, 0.2) is 24.3 Å². The fraction of sp³-hybridized carbons (Fsp3) is 0.800. The van der Waals surface area contributed by atoms with Crippen molar-refractivity contribution in [1.82, 2.24) is 5.32 Å². The van der Waals surface area contributed by atoms with Crippen LogP contribution in [0.3, 0.4) is 0 Å². The Balaban J connectivity index is 2.96. The van der Waals surface area contributed by atoms with Crippen LogP contribution in [-0.2, 0) is 0 Å². The lowest BCUT2D eigenvalue weighted by Crippen LogP contribution is -2.16. The Morgan fingerprint density at radius 2 is 0.905 bits per heavy atom. The van der Waals surface area contributed by atoms with Gasteiger partial charge in [-0.15, -0.1) is 0 Å². The summed E-state index contributed by atoms with van der Waals surface area (Å²) >= 11 is 0. The minimum absolute atomic E-state index is 1.22. The molecule has 0 aromatic rings. The van der Waals surface area contributed by atoms with Gasteiger partial charge in [-0.1, -0.05) is 62.8 Å². The first kappa shape index (κ1) is 20.4. The van der Waals surface area contributed by atoms with Crippen molar-refractivity contribution in [3.63, 3.8) is 0 Å². The first-order valence-corrected chi connectivity index (χ1v) is 9.34. The molecule has 1 nitrogen and oxygen atoms in total. The van der Waals surface area contributed by atoms with Gasteiger partial charge in [0, 0.05) is 0 Å². The summed E-state index contributed by atoms with van der Waals surface area (Å²) in [4.78, 5) is 0. The molecule has 0 atom stereocenters. The quantitative estimate of drug-likeness (QED) is 0.256. The largest absolute Gasteiger partial charge is 0.317 e. The van der Waals surface area contributed by atoms with Gasteiger partial charge in [0.05, 0.1) is 0 Å². The zero-order valence-electron chi connectivity index (χ0n) is 14.7. The molecule has 21 heavy (non-hydrogen) atoms. The van der Waals surface area contributed by atoms with Crippen LogP contribution in [-0.4, -0.2) is 13.1 Å². The molecular formula is C20H39N. The normalized spacial score (nSPS) is 11.9. The van der Waals surface area contributed by atoms with Crippen LogP contribution in [0, 0.1) is 0 Å². The Hall–Kier alpha value is -0.560. The number of nitrogens with one attached hydrogen (secondary N) is 1. The van der Waals surface area contributed by atoms with E-state index in [-0.39, 0.29) is 0 Å². The van der Waals surface area contributed by atoms with Crippen LogP contribution in [0.4, 0.5) is 0 Å². The minimum atomic E-state index is 1.22. The van der Waals surface area contributed by atoms with E-state index in [1.54, 1.807) is 0 Å². The van der Waals surface area contributed by atoms with Crippen LogP contribution >= 0.6 is 0 Å². The Bertz CT molecular complexity index is 206. The van der Waals surface area contributed by atoms with Gasteiger partial charge < -0.3 is 5.32 Å². The van der Waals surface area contributed by atoms with Crippen LogP contribution in [0.5, 0.6) is 0 Å². The molecule has 0 aromatic carbocycles. The number of allylic oxidation sites excluding steroid dienone is 4. The summed E-state index contributed by atoms with van der Waals surface area (Å²) < 4.78 is 0. The van der Waals surface area contributed by atoms with Crippen molar-refractivity contribution >= 4 is 0 Å². The van der Waals surface area contributed by atoms with Crippen molar-refractivity contribution in [3.8, 4) is 0 Å². The number of hydrogen-bond acceptors (Lipinski definition) is 1. The first-order chi connectivity index (χ1) is 10.4. The summed E-state index contributed by atoms with van der Waals surface area (Å²) in [6.45, 7) is 6.65. The molecule has 0 radical (unpaired) electrons. The van der Waals surface area contributed by atoms with Gasteiger partial charge in [0.2, 0.25) is 0 Å². The van der Waals surface area contributed by atoms with Crippen molar-refractivity contribution in [2.24, 2.45) is 0 Å². The van der Waals surface area contributed by atoms with Crippen LogP contribution in [0.2, 0.25) is 0 Å². The van der Waals surface area contributed by atoms with Gasteiger partial charge >= 0.3 is 0 Å². The third-order valence-corrected chi connectivity index (χ3v) is 3.92. The third kappa shape index (κ3) is 19.4. The highest BCUT2D eigenvalue weighted by Crippen LogP contribution is 2.06. The average Bonchev–Trinajstić information content (AvgIpc) is 2.50. The van der Waals surface area contributed by atoms with Crippen LogP contribution in [0.1, 0.15) is 90.9 Å². The van der Waals surface area contributed by atoms with E-state index >= 15 is 0 Å². The lowest BCUT2D eigenvalue weighted by atomic mass is 10.1. The second kappa shape index (κ2) is 19.4. The lowest BCUT2D eigenvalue weighted by Gasteiger charge is -2.05. The number of rotatable bonds is 16. The van der Waals surface area contributed by atoms with E-state index in [1.807, 2.05) is 0 Å². The SMILES string of the molecule is C/C=C/CCCCCCCNCCCCCCC/C=C/C. The molecule has 0 fully saturated rings. The van der Waals surface area contributed by atoms with Crippen LogP contribution in [0.25, 0.3) is 0 Å². The standard InChI is InChI=1S/C20H39N/c1-3-5-7-9-11-13-15-17-19-21-20-18-16-14-12-10-8-6-4-2/h3-6,21H,7-20H2,1-2H3/b5-3+,6-4+. The average molecular weight is 294 g/mol. The van der Waals surface area contributed by atoms with E-state index in [4.69, 9.17) is 0 Å². The Morgan fingerprint density at radius 1 is 0.524 bits per heavy atom. The highest BCUT2D eigenvalue weighted by molar-refractivity contribution is 4.76. The molecule has 0 spiro atoms. The van der Waals surface area contributed by atoms with Gasteiger partial charge in [0.25, 0.3) is 0 Å². The fourth-order valence-corrected chi connectivity index (χ4v) is 2.54. The molecule has 0 aromatic heterocycles. The summed E-state index contributed by atoms with van der Waals surface area (Å²) in [7, 11) is 0. The summed E-state index contributed by atoms with van der Waals surface area (Å²) in [5.41, 5.74) is 0. The van der Waals surface area contributed by atoms with Gasteiger partial charge in [0.15, 0.2) is 0 Å². The molecule has 124 valence electrons. The Morgan fingerprint density at radius 3 is 1.33 bits per heavy atom. The van der Waals surface area contributed by atoms with E-state index < -0.39 is 0 Å². The third-order valence-electron chi connectivity index (χ3n) is 3.92. The first-order valence-electron chi connectivity index (χ1n) is 9.34. The van der Waals surface area contributed by atoms with E-state index in [1.165, 1.54) is 90.1 Å². The monoisotopic (exact) mass is 293 g/mol. The van der Waals surface area contributed by atoms with Gasteiger partial charge in [-0.2, -0.15) is 0 Å². The molecule has 0 heterocycles. The summed E-state index contributed by atoms with van der Waals surface area (Å²) in [6.07, 6.45) is 25.3. The van der Waals surface area contributed by atoms with Gasteiger partial charge in [-0.05, 0) is 65.5 Å². The van der Waals surface area contributed by atoms with Crippen LogP contribution < -0.4 is 5.32 Å². The molecule has 0 saturated heterocycles. The van der Waals surface area contributed by atoms with Crippen molar-refractivity contribution < 1.29 is 0 Å².